The fourth-order valence-corrected chi connectivity index (χ4v) is 2.45. The molecular formula is C19H17NO4. The van der Waals surface area contributed by atoms with E-state index in [1.54, 1.807) is 36.4 Å². The third-order valence-corrected chi connectivity index (χ3v) is 3.62. The minimum atomic E-state index is -0.653. The van der Waals surface area contributed by atoms with Gasteiger partial charge in [0.2, 0.25) is 0 Å². The van der Waals surface area contributed by atoms with E-state index in [1.807, 2.05) is 26.0 Å². The van der Waals surface area contributed by atoms with E-state index in [1.165, 1.54) is 0 Å². The third kappa shape index (κ3) is 3.15. The van der Waals surface area contributed by atoms with Crippen LogP contribution in [0.3, 0.4) is 0 Å². The fourth-order valence-electron chi connectivity index (χ4n) is 2.45. The summed E-state index contributed by atoms with van der Waals surface area (Å²) in [7, 11) is 0. The fraction of sp³-hybridized carbons (Fsp3) is 0.158. The van der Waals surface area contributed by atoms with Gasteiger partial charge in [0, 0.05) is 11.1 Å². The van der Waals surface area contributed by atoms with Gasteiger partial charge in [-0.15, -0.1) is 0 Å². The van der Waals surface area contributed by atoms with Gasteiger partial charge in [-0.25, -0.2) is 4.79 Å². The van der Waals surface area contributed by atoms with Crippen LogP contribution < -0.4 is 15.7 Å². The average Bonchev–Trinajstić information content (AvgIpc) is 2.57. The van der Waals surface area contributed by atoms with Gasteiger partial charge in [0.15, 0.2) is 0 Å². The predicted molar refractivity (Wildman–Crippen MR) is 92.8 cm³/mol. The lowest BCUT2D eigenvalue weighted by Crippen LogP contribution is -2.20. The standard InChI is InChI=1S/C19H17NO4/c1-3-23-15-9-7-14(8-10-15)20-18(21)16-11-13-6-4-5-12(2)17(13)24-19(16)22/h4-11H,3H2,1-2H3,(H,20,21). The molecule has 1 N–H and O–H groups in total. The van der Waals surface area contributed by atoms with Crippen LogP contribution in [0.4, 0.5) is 5.69 Å². The second-order valence-electron chi connectivity index (χ2n) is 5.35. The van der Waals surface area contributed by atoms with E-state index in [0.717, 1.165) is 11.3 Å². The second kappa shape index (κ2) is 6.58. The molecule has 0 atom stereocenters. The highest BCUT2D eigenvalue weighted by Gasteiger charge is 2.14. The molecule has 24 heavy (non-hydrogen) atoms. The molecule has 0 unspecified atom stereocenters. The number of hydrogen-bond donors (Lipinski definition) is 1. The Balaban J connectivity index is 1.88. The van der Waals surface area contributed by atoms with Gasteiger partial charge in [-0.05, 0) is 49.7 Å². The summed E-state index contributed by atoms with van der Waals surface area (Å²) in [5, 5.41) is 3.41. The zero-order valence-electron chi connectivity index (χ0n) is 13.5. The molecule has 0 aliphatic rings. The number of fused-ring (bicyclic) bond motifs is 1. The maximum atomic E-state index is 12.4. The molecule has 1 aromatic heterocycles. The predicted octanol–water partition coefficient (Wildman–Crippen LogP) is 3.75. The highest BCUT2D eigenvalue weighted by atomic mass is 16.5. The summed E-state index contributed by atoms with van der Waals surface area (Å²) in [6.45, 7) is 4.32. The smallest absolute Gasteiger partial charge is 0.349 e. The molecule has 0 aliphatic carbocycles. The van der Waals surface area contributed by atoms with Crippen molar-refractivity contribution in [2.45, 2.75) is 13.8 Å². The maximum Gasteiger partial charge on any atom is 0.349 e. The summed E-state index contributed by atoms with van der Waals surface area (Å²) in [6.07, 6.45) is 0. The molecule has 2 aromatic carbocycles. The number of nitrogens with one attached hydrogen (secondary N) is 1. The molecule has 1 heterocycles. The topological polar surface area (TPSA) is 68.5 Å². The Hall–Kier alpha value is -3.08. The largest absolute Gasteiger partial charge is 0.494 e. The number of ether oxygens (including phenoxy) is 1. The van der Waals surface area contributed by atoms with Crippen LogP contribution in [0, 0.1) is 6.92 Å². The Morgan fingerprint density at radius 2 is 1.92 bits per heavy atom. The molecule has 0 bridgehead atoms. The van der Waals surface area contributed by atoms with Gasteiger partial charge in [0.25, 0.3) is 5.91 Å². The normalized spacial score (nSPS) is 10.6. The molecule has 3 rings (SSSR count). The summed E-state index contributed by atoms with van der Waals surface area (Å²) in [4.78, 5) is 24.5. The van der Waals surface area contributed by atoms with Crippen molar-refractivity contribution in [2.75, 3.05) is 11.9 Å². The van der Waals surface area contributed by atoms with E-state index >= 15 is 0 Å². The second-order valence-corrected chi connectivity index (χ2v) is 5.35. The van der Waals surface area contributed by atoms with Crippen molar-refractivity contribution < 1.29 is 13.9 Å². The van der Waals surface area contributed by atoms with Crippen LogP contribution in [0.5, 0.6) is 5.75 Å². The van der Waals surface area contributed by atoms with Crippen molar-refractivity contribution in [1.82, 2.24) is 0 Å². The zero-order chi connectivity index (χ0) is 17.1. The van der Waals surface area contributed by atoms with E-state index in [-0.39, 0.29) is 5.56 Å². The maximum absolute atomic E-state index is 12.4. The van der Waals surface area contributed by atoms with E-state index in [0.29, 0.717) is 23.3 Å². The van der Waals surface area contributed by atoms with Crippen LogP contribution in [-0.4, -0.2) is 12.5 Å². The summed E-state index contributed by atoms with van der Waals surface area (Å²) in [6, 6.07) is 14.0. The van der Waals surface area contributed by atoms with Crippen molar-refractivity contribution >= 4 is 22.6 Å². The lowest BCUT2D eigenvalue weighted by Gasteiger charge is -2.07. The van der Waals surface area contributed by atoms with Crippen LogP contribution in [0.1, 0.15) is 22.8 Å². The molecule has 3 aromatic rings. The SMILES string of the molecule is CCOc1ccc(NC(=O)c2cc3cccc(C)c3oc2=O)cc1. The molecule has 0 saturated carbocycles. The molecule has 0 radical (unpaired) electrons. The van der Waals surface area contributed by atoms with Gasteiger partial charge < -0.3 is 14.5 Å². The van der Waals surface area contributed by atoms with E-state index < -0.39 is 11.5 Å². The van der Waals surface area contributed by atoms with Crippen molar-refractivity contribution in [3.8, 4) is 5.75 Å². The van der Waals surface area contributed by atoms with Gasteiger partial charge >= 0.3 is 5.63 Å². The van der Waals surface area contributed by atoms with Crippen LogP contribution in [0.25, 0.3) is 11.0 Å². The lowest BCUT2D eigenvalue weighted by molar-refractivity contribution is 0.102. The molecule has 1 amide bonds. The quantitative estimate of drug-likeness (QED) is 0.742. The first kappa shape index (κ1) is 15.8. The van der Waals surface area contributed by atoms with Gasteiger partial charge in [-0.1, -0.05) is 18.2 Å². The van der Waals surface area contributed by atoms with Gasteiger partial charge in [0.05, 0.1) is 6.61 Å². The molecule has 122 valence electrons. The van der Waals surface area contributed by atoms with Gasteiger partial charge in [0.1, 0.15) is 16.9 Å². The lowest BCUT2D eigenvalue weighted by atomic mass is 10.1. The van der Waals surface area contributed by atoms with Crippen LogP contribution in [0.2, 0.25) is 0 Å². The number of hydrogen-bond acceptors (Lipinski definition) is 4. The third-order valence-electron chi connectivity index (χ3n) is 3.62. The highest BCUT2D eigenvalue weighted by Crippen LogP contribution is 2.19. The first-order valence-electron chi connectivity index (χ1n) is 7.66. The number of carbonyl (C=O) groups is 1. The monoisotopic (exact) mass is 323 g/mol. The zero-order valence-corrected chi connectivity index (χ0v) is 13.5. The van der Waals surface area contributed by atoms with E-state index in [4.69, 9.17) is 9.15 Å². The summed E-state index contributed by atoms with van der Waals surface area (Å²) >= 11 is 0. The Labute approximate surface area is 138 Å². The number of rotatable bonds is 4. The first-order valence-corrected chi connectivity index (χ1v) is 7.66. The molecule has 0 spiro atoms. The molecular weight excluding hydrogens is 306 g/mol. The minimum Gasteiger partial charge on any atom is -0.494 e. The minimum absolute atomic E-state index is 0.0259. The van der Waals surface area contributed by atoms with E-state index in [9.17, 15) is 9.59 Å². The summed E-state index contributed by atoms with van der Waals surface area (Å²) in [5.74, 6) is 0.215. The number of carbonyl (C=O) groups excluding carboxylic acids is 1. The number of amides is 1. The highest BCUT2D eigenvalue weighted by molar-refractivity contribution is 6.05. The average molecular weight is 323 g/mol. The van der Waals surface area contributed by atoms with Crippen molar-refractivity contribution in [1.29, 1.82) is 0 Å². The summed E-state index contributed by atoms with van der Waals surface area (Å²) in [5.41, 5.74) is 1.25. The summed E-state index contributed by atoms with van der Waals surface area (Å²) < 4.78 is 10.6. The molecule has 0 fully saturated rings. The first-order chi connectivity index (χ1) is 11.6. The van der Waals surface area contributed by atoms with Crippen LogP contribution in [0.15, 0.2) is 57.7 Å². The number of anilines is 1. The molecule has 5 nitrogen and oxygen atoms in total. The van der Waals surface area contributed by atoms with Crippen molar-refractivity contribution in [3.63, 3.8) is 0 Å². The van der Waals surface area contributed by atoms with Crippen molar-refractivity contribution in [2.24, 2.45) is 0 Å². The Bertz CT molecular complexity index is 942. The molecule has 5 heteroatoms. The Morgan fingerprint density at radius 1 is 1.17 bits per heavy atom. The molecule has 0 aliphatic heterocycles. The number of para-hydroxylation sites is 1. The number of aryl methyl sites for hydroxylation is 1. The number of benzene rings is 2. The molecule has 0 saturated heterocycles. The Kier molecular flexibility index (Phi) is 4.33. The van der Waals surface area contributed by atoms with Gasteiger partial charge in [-0.2, -0.15) is 0 Å². The van der Waals surface area contributed by atoms with Gasteiger partial charge in [-0.3, -0.25) is 4.79 Å². The van der Waals surface area contributed by atoms with E-state index in [2.05, 4.69) is 5.32 Å². The van der Waals surface area contributed by atoms with Crippen molar-refractivity contribution in [3.05, 3.63) is 70.1 Å². The van der Waals surface area contributed by atoms with Crippen LogP contribution >= 0.6 is 0 Å². The Morgan fingerprint density at radius 3 is 2.62 bits per heavy atom. The van der Waals surface area contributed by atoms with Crippen LogP contribution in [-0.2, 0) is 0 Å².